The Morgan fingerprint density at radius 3 is 2.68 bits per heavy atom. The van der Waals surface area contributed by atoms with Crippen LogP contribution in [0.1, 0.15) is 32.1 Å². The molecule has 0 radical (unpaired) electrons. The molecular weight excluding hydrogens is 492 g/mol. The third kappa shape index (κ3) is 4.56. The smallest absolute Gasteiger partial charge is 0.311 e. The molecule has 1 unspecified atom stereocenters. The zero-order chi connectivity index (χ0) is 26.0. The number of nitrogens with zero attached hydrogens (tertiary/aromatic N) is 2. The van der Waals surface area contributed by atoms with Crippen LogP contribution in [0.15, 0.2) is 48.6 Å². The lowest BCUT2D eigenvalue weighted by Gasteiger charge is -2.35. The molecule has 0 saturated carbocycles. The van der Waals surface area contributed by atoms with Crippen LogP contribution in [0.25, 0.3) is 0 Å². The van der Waals surface area contributed by atoms with E-state index in [9.17, 15) is 19.5 Å². The van der Waals surface area contributed by atoms with Gasteiger partial charge in [0.15, 0.2) is 0 Å². The van der Waals surface area contributed by atoms with E-state index in [0.29, 0.717) is 38.3 Å². The lowest BCUT2D eigenvalue weighted by molar-refractivity contribution is -0.153. The molecule has 5 atom stereocenters. The van der Waals surface area contributed by atoms with Crippen LogP contribution in [-0.4, -0.2) is 77.2 Å². The standard InChI is InChI=1S/C28H34N2O6S/c1-35-20-12-10-19(11-13-20)29-16-8-14-28-23(22-21(37-28)9-4-2-7-18-36-27(22)34)25(32)30(24(28)26(29)33)15-5-3-6-17-31/h4,8-14,21-24,31H,2-3,5-7,15-18H2,1H3/b9-4-/t21-,22+,23+,24?,28+/m1/s1. The minimum Gasteiger partial charge on any atom is -0.497 e. The molecule has 9 heteroatoms. The van der Waals surface area contributed by atoms with E-state index in [-0.39, 0.29) is 29.6 Å². The Morgan fingerprint density at radius 2 is 1.92 bits per heavy atom. The van der Waals surface area contributed by atoms with E-state index in [4.69, 9.17) is 9.47 Å². The molecule has 5 rings (SSSR count). The molecule has 2 amide bonds. The number of methoxy groups -OCH3 is 1. The number of allylic oxidation sites excluding steroid dienone is 1. The number of anilines is 1. The number of hydrogen-bond acceptors (Lipinski definition) is 7. The number of aliphatic hydroxyl groups is 1. The Kier molecular flexibility index (Phi) is 7.62. The maximum absolute atomic E-state index is 14.3. The second-order valence-electron chi connectivity index (χ2n) is 9.95. The average molecular weight is 527 g/mol. The molecule has 2 fully saturated rings. The van der Waals surface area contributed by atoms with Crippen LogP contribution in [0.5, 0.6) is 5.75 Å². The van der Waals surface area contributed by atoms with Gasteiger partial charge in [0.05, 0.1) is 30.3 Å². The van der Waals surface area contributed by atoms with Crippen LogP contribution in [-0.2, 0) is 19.1 Å². The summed E-state index contributed by atoms with van der Waals surface area (Å²) in [6, 6.07) is 6.60. The molecule has 1 spiro atoms. The predicted octanol–water partition coefficient (Wildman–Crippen LogP) is 2.95. The molecule has 4 aliphatic rings. The molecule has 8 nitrogen and oxygen atoms in total. The molecule has 0 bridgehead atoms. The average Bonchev–Trinajstić information content (AvgIpc) is 3.31. The molecule has 1 aromatic rings. The summed E-state index contributed by atoms with van der Waals surface area (Å²) in [6.07, 6.45) is 11.7. The third-order valence-corrected chi connectivity index (χ3v) is 9.54. The first-order valence-electron chi connectivity index (χ1n) is 13.1. The maximum atomic E-state index is 14.3. The van der Waals surface area contributed by atoms with Gasteiger partial charge in [-0.15, -0.1) is 11.8 Å². The number of carbonyl (C=O) groups is 3. The quantitative estimate of drug-likeness (QED) is 0.332. The van der Waals surface area contributed by atoms with Crippen molar-refractivity contribution in [3.05, 3.63) is 48.6 Å². The van der Waals surface area contributed by atoms with Gasteiger partial charge in [-0.3, -0.25) is 14.4 Å². The van der Waals surface area contributed by atoms with Gasteiger partial charge in [0, 0.05) is 30.6 Å². The van der Waals surface area contributed by atoms with E-state index in [2.05, 4.69) is 6.08 Å². The van der Waals surface area contributed by atoms with Crippen molar-refractivity contribution in [1.29, 1.82) is 0 Å². The molecule has 4 aliphatic heterocycles. The van der Waals surface area contributed by atoms with Crippen molar-refractivity contribution in [2.45, 2.75) is 48.1 Å². The number of ether oxygens (including phenoxy) is 2. The number of cyclic esters (lactones) is 1. The number of benzene rings is 1. The molecule has 1 N–H and O–H groups in total. The Balaban J connectivity index is 1.55. The molecule has 1 aromatic carbocycles. The van der Waals surface area contributed by atoms with Crippen LogP contribution in [0.4, 0.5) is 5.69 Å². The van der Waals surface area contributed by atoms with E-state index in [1.165, 1.54) is 0 Å². The van der Waals surface area contributed by atoms with Crippen molar-refractivity contribution in [3.63, 3.8) is 0 Å². The number of rotatable bonds is 7. The van der Waals surface area contributed by atoms with Gasteiger partial charge in [-0.2, -0.15) is 0 Å². The van der Waals surface area contributed by atoms with Crippen molar-refractivity contribution < 1.29 is 29.0 Å². The second kappa shape index (κ2) is 10.9. The minimum atomic E-state index is -0.857. The maximum Gasteiger partial charge on any atom is 0.311 e. The molecule has 37 heavy (non-hydrogen) atoms. The summed E-state index contributed by atoms with van der Waals surface area (Å²) < 4.78 is 10.0. The van der Waals surface area contributed by atoms with Crippen molar-refractivity contribution in [3.8, 4) is 5.75 Å². The van der Waals surface area contributed by atoms with Gasteiger partial charge >= 0.3 is 5.97 Å². The number of hydrogen-bond donors (Lipinski definition) is 1. The SMILES string of the molecule is COc1ccc(N2CC=C[C@]34S[C@@H]5/C=C\CCCOC(=O)[C@@H]5[C@H]3C(=O)N(CCCCCO)C4C2=O)cc1. The zero-order valence-electron chi connectivity index (χ0n) is 21.1. The highest BCUT2D eigenvalue weighted by atomic mass is 32.2. The van der Waals surface area contributed by atoms with Gasteiger partial charge in [-0.25, -0.2) is 0 Å². The number of aliphatic hydroxyl groups excluding tert-OH is 1. The van der Waals surface area contributed by atoms with Gasteiger partial charge in [-0.05, 0) is 56.4 Å². The summed E-state index contributed by atoms with van der Waals surface area (Å²) in [4.78, 5) is 45.1. The van der Waals surface area contributed by atoms with Crippen molar-refractivity contribution in [2.24, 2.45) is 11.8 Å². The number of thioether (sulfide) groups is 1. The zero-order valence-corrected chi connectivity index (χ0v) is 21.9. The molecule has 0 aliphatic carbocycles. The Hall–Kier alpha value is -2.78. The van der Waals surface area contributed by atoms with Gasteiger partial charge in [0.2, 0.25) is 5.91 Å². The van der Waals surface area contributed by atoms with Crippen molar-refractivity contribution in [1.82, 2.24) is 4.90 Å². The van der Waals surface area contributed by atoms with Gasteiger partial charge < -0.3 is 24.4 Å². The Bertz CT molecular complexity index is 1090. The summed E-state index contributed by atoms with van der Waals surface area (Å²) in [7, 11) is 1.60. The number of fused-ring (bicyclic) bond motifs is 2. The lowest BCUT2D eigenvalue weighted by atomic mass is 9.78. The molecule has 4 heterocycles. The van der Waals surface area contributed by atoms with Gasteiger partial charge in [0.1, 0.15) is 11.8 Å². The van der Waals surface area contributed by atoms with Crippen molar-refractivity contribution >= 4 is 35.2 Å². The van der Waals surface area contributed by atoms with Crippen LogP contribution in [0, 0.1) is 11.8 Å². The van der Waals surface area contributed by atoms with E-state index >= 15 is 0 Å². The first kappa shape index (κ1) is 25.9. The van der Waals surface area contributed by atoms with Gasteiger partial charge in [0.25, 0.3) is 5.91 Å². The van der Waals surface area contributed by atoms with Crippen LogP contribution in [0.2, 0.25) is 0 Å². The largest absolute Gasteiger partial charge is 0.497 e. The first-order chi connectivity index (χ1) is 18.0. The fraction of sp³-hybridized carbons (Fsp3) is 0.536. The highest BCUT2D eigenvalue weighted by molar-refractivity contribution is 8.02. The van der Waals surface area contributed by atoms with Crippen LogP contribution < -0.4 is 9.64 Å². The Morgan fingerprint density at radius 1 is 1.11 bits per heavy atom. The summed E-state index contributed by atoms with van der Waals surface area (Å²) >= 11 is 1.56. The molecule has 0 aromatic heterocycles. The highest BCUT2D eigenvalue weighted by Crippen LogP contribution is 2.60. The summed E-state index contributed by atoms with van der Waals surface area (Å²) in [6.45, 7) is 1.20. The fourth-order valence-electron chi connectivity index (χ4n) is 6.06. The van der Waals surface area contributed by atoms with Gasteiger partial charge in [-0.1, -0.05) is 24.3 Å². The number of carbonyl (C=O) groups excluding carboxylic acids is 3. The molecular formula is C28H34N2O6S. The first-order valence-corrected chi connectivity index (χ1v) is 14.0. The second-order valence-corrected chi connectivity index (χ2v) is 11.4. The van der Waals surface area contributed by atoms with E-state index in [1.54, 1.807) is 28.7 Å². The lowest BCUT2D eigenvalue weighted by Crippen LogP contribution is -2.53. The van der Waals surface area contributed by atoms with Crippen LogP contribution >= 0.6 is 11.8 Å². The Labute approximate surface area is 221 Å². The monoisotopic (exact) mass is 526 g/mol. The van der Waals surface area contributed by atoms with Crippen molar-refractivity contribution in [2.75, 3.05) is 38.3 Å². The number of amides is 2. The molecule has 2 saturated heterocycles. The molecule has 198 valence electrons. The van der Waals surface area contributed by atoms with Crippen LogP contribution in [0.3, 0.4) is 0 Å². The number of unbranched alkanes of at least 4 members (excludes halogenated alkanes) is 2. The topological polar surface area (TPSA) is 96.4 Å². The summed E-state index contributed by atoms with van der Waals surface area (Å²) in [5, 5.41) is 8.98. The normalized spacial score (nSPS) is 32.0. The predicted molar refractivity (Wildman–Crippen MR) is 141 cm³/mol. The van der Waals surface area contributed by atoms with E-state index in [0.717, 1.165) is 24.9 Å². The summed E-state index contributed by atoms with van der Waals surface area (Å²) in [5.41, 5.74) is 0.730. The number of likely N-dealkylation sites (tertiary alicyclic amines) is 1. The van der Waals surface area contributed by atoms with E-state index < -0.39 is 22.6 Å². The minimum absolute atomic E-state index is 0.0919. The third-order valence-electron chi connectivity index (χ3n) is 7.79. The summed E-state index contributed by atoms with van der Waals surface area (Å²) in [5.74, 6) is -1.27. The fourth-order valence-corrected chi connectivity index (χ4v) is 8.06. The van der Waals surface area contributed by atoms with E-state index in [1.807, 2.05) is 42.5 Å². The highest BCUT2D eigenvalue weighted by Gasteiger charge is 2.70. The number of esters is 1.